The van der Waals surface area contributed by atoms with Crippen LogP contribution in [0.5, 0.6) is 0 Å². The van der Waals surface area contributed by atoms with Crippen molar-refractivity contribution in [2.75, 3.05) is 11.9 Å². The van der Waals surface area contributed by atoms with Crippen LogP contribution in [0.1, 0.15) is 44.2 Å². The van der Waals surface area contributed by atoms with E-state index in [0.717, 1.165) is 23.3 Å². The quantitative estimate of drug-likeness (QED) is 0.849. The van der Waals surface area contributed by atoms with Crippen molar-refractivity contribution >= 4 is 28.2 Å². The number of pyridine rings is 1. The number of hydrogen-bond donors (Lipinski definition) is 1. The molecule has 0 bridgehead atoms. The summed E-state index contributed by atoms with van der Waals surface area (Å²) in [6.45, 7) is 2.84. The van der Waals surface area contributed by atoms with Gasteiger partial charge in [-0.1, -0.05) is 24.4 Å². The van der Waals surface area contributed by atoms with Gasteiger partial charge in [-0.3, -0.25) is 4.98 Å². The number of nitrogens with one attached hydrogen (secondary N) is 1. The Bertz CT molecular complexity index is 636. The number of hydrogen-bond acceptors (Lipinski definition) is 2. The Balaban J connectivity index is 2.19. The zero-order chi connectivity index (χ0) is 14.1. The molecule has 20 heavy (non-hydrogen) atoms. The first-order valence-electron chi connectivity index (χ1n) is 7.22. The van der Waals surface area contributed by atoms with Crippen LogP contribution in [0.2, 0.25) is 5.02 Å². The van der Waals surface area contributed by atoms with Crippen LogP contribution in [0.4, 0.5) is 10.1 Å². The van der Waals surface area contributed by atoms with Gasteiger partial charge in [-0.05, 0) is 31.9 Å². The molecule has 1 aromatic heterocycles. The molecule has 1 saturated carbocycles. The van der Waals surface area contributed by atoms with Crippen molar-refractivity contribution in [3.63, 3.8) is 0 Å². The minimum absolute atomic E-state index is 0.332. The van der Waals surface area contributed by atoms with E-state index in [1.165, 1.54) is 37.8 Å². The number of rotatable bonds is 3. The van der Waals surface area contributed by atoms with Gasteiger partial charge in [-0.15, -0.1) is 0 Å². The van der Waals surface area contributed by atoms with E-state index in [1.54, 1.807) is 0 Å². The SMILES string of the molecule is CCNc1cc(C2CCCC2)nc2cc(F)cc(Cl)c12. The predicted octanol–water partition coefficient (Wildman–Crippen LogP) is 5.12. The zero-order valence-electron chi connectivity index (χ0n) is 11.5. The maximum absolute atomic E-state index is 13.6. The van der Waals surface area contributed by atoms with Crippen molar-refractivity contribution in [1.82, 2.24) is 4.98 Å². The fraction of sp³-hybridized carbons (Fsp3) is 0.438. The summed E-state index contributed by atoms with van der Waals surface area (Å²) in [5.41, 5.74) is 2.67. The number of aromatic nitrogens is 1. The van der Waals surface area contributed by atoms with E-state index in [2.05, 4.69) is 16.4 Å². The highest BCUT2D eigenvalue weighted by molar-refractivity contribution is 6.36. The molecule has 1 aromatic carbocycles. The normalized spacial score (nSPS) is 15.9. The van der Waals surface area contributed by atoms with E-state index < -0.39 is 0 Å². The fourth-order valence-electron chi connectivity index (χ4n) is 3.07. The fourth-order valence-corrected chi connectivity index (χ4v) is 3.37. The van der Waals surface area contributed by atoms with Crippen LogP contribution in [0, 0.1) is 5.82 Å². The van der Waals surface area contributed by atoms with E-state index in [1.807, 2.05) is 6.92 Å². The Morgan fingerprint density at radius 2 is 2.05 bits per heavy atom. The monoisotopic (exact) mass is 292 g/mol. The predicted molar refractivity (Wildman–Crippen MR) is 82.1 cm³/mol. The molecular weight excluding hydrogens is 275 g/mol. The van der Waals surface area contributed by atoms with Crippen LogP contribution >= 0.6 is 11.6 Å². The maximum Gasteiger partial charge on any atom is 0.126 e. The summed E-state index contributed by atoms with van der Waals surface area (Å²) in [6, 6.07) is 4.91. The molecule has 0 saturated heterocycles. The Labute approximate surface area is 123 Å². The highest BCUT2D eigenvalue weighted by Crippen LogP contribution is 2.38. The Kier molecular flexibility index (Phi) is 3.79. The maximum atomic E-state index is 13.6. The molecule has 0 aliphatic heterocycles. The first-order chi connectivity index (χ1) is 9.69. The molecule has 1 heterocycles. The summed E-state index contributed by atoms with van der Waals surface area (Å²) in [7, 11) is 0. The van der Waals surface area contributed by atoms with E-state index in [-0.39, 0.29) is 5.82 Å². The molecule has 2 aromatic rings. The summed E-state index contributed by atoms with van der Waals surface area (Å²) >= 11 is 6.20. The van der Waals surface area contributed by atoms with Crippen LogP contribution in [-0.4, -0.2) is 11.5 Å². The number of anilines is 1. The molecule has 0 spiro atoms. The highest BCUT2D eigenvalue weighted by Gasteiger charge is 2.20. The molecule has 4 heteroatoms. The molecule has 1 fully saturated rings. The van der Waals surface area contributed by atoms with Gasteiger partial charge in [0.15, 0.2) is 0 Å². The molecule has 1 N–H and O–H groups in total. The third kappa shape index (κ3) is 2.47. The molecule has 1 aliphatic carbocycles. The largest absolute Gasteiger partial charge is 0.385 e. The number of benzene rings is 1. The van der Waals surface area contributed by atoms with Crippen molar-refractivity contribution in [3.05, 3.63) is 34.7 Å². The van der Waals surface area contributed by atoms with Gasteiger partial charge in [-0.25, -0.2) is 4.39 Å². The van der Waals surface area contributed by atoms with E-state index in [0.29, 0.717) is 16.5 Å². The van der Waals surface area contributed by atoms with Crippen molar-refractivity contribution in [2.45, 2.75) is 38.5 Å². The van der Waals surface area contributed by atoms with E-state index in [9.17, 15) is 4.39 Å². The first kappa shape index (κ1) is 13.6. The standard InChI is InChI=1S/C16H18ClFN2/c1-2-19-14-9-13(10-5-3-4-6-10)20-15-8-11(18)7-12(17)16(14)15/h7-10H,2-6H2,1H3,(H,19,20). The summed E-state index contributed by atoms with van der Waals surface area (Å²) in [4.78, 5) is 4.66. The lowest BCUT2D eigenvalue weighted by Gasteiger charge is -2.15. The van der Waals surface area contributed by atoms with Crippen LogP contribution in [0.3, 0.4) is 0 Å². The van der Waals surface area contributed by atoms with E-state index >= 15 is 0 Å². The second kappa shape index (κ2) is 5.57. The van der Waals surface area contributed by atoms with Gasteiger partial charge in [0, 0.05) is 35.3 Å². The summed E-state index contributed by atoms with van der Waals surface area (Å²) in [6.07, 6.45) is 4.86. The molecule has 3 rings (SSSR count). The Morgan fingerprint density at radius 3 is 2.75 bits per heavy atom. The van der Waals surface area contributed by atoms with Gasteiger partial charge in [0.05, 0.1) is 10.5 Å². The molecule has 0 radical (unpaired) electrons. The van der Waals surface area contributed by atoms with Crippen molar-refractivity contribution in [3.8, 4) is 0 Å². The Hall–Kier alpha value is -1.35. The lowest BCUT2D eigenvalue weighted by atomic mass is 10.0. The number of fused-ring (bicyclic) bond motifs is 1. The minimum Gasteiger partial charge on any atom is -0.385 e. The van der Waals surface area contributed by atoms with Crippen LogP contribution in [-0.2, 0) is 0 Å². The van der Waals surface area contributed by atoms with Gasteiger partial charge in [0.1, 0.15) is 5.82 Å². The third-order valence-electron chi connectivity index (χ3n) is 3.99. The van der Waals surface area contributed by atoms with Crippen LogP contribution < -0.4 is 5.32 Å². The number of halogens is 2. The molecule has 106 valence electrons. The van der Waals surface area contributed by atoms with Crippen LogP contribution in [0.15, 0.2) is 18.2 Å². The minimum atomic E-state index is -0.332. The lowest BCUT2D eigenvalue weighted by Crippen LogP contribution is -2.03. The summed E-state index contributed by atoms with van der Waals surface area (Å²) in [5.74, 6) is 0.167. The zero-order valence-corrected chi connectivity index (χ0v) is 12.3. The smallest absolute Gasteiger partial charge is 0.126 e. The lowest BCUT2D eigenvalue weighted by molar-refractivity contribution is 0.629. The molecule has 1 aliphatic rings. The molecule has 2 nitrogen and oxygen atoms in total. The average Bonchev–Trinajstić information content (AvgIpc) is 2.91. The third-order valence-corrected chi connectivity index (χ3v) is 4.28. The second-order valence-corrected chi connectivity index (χ2v) is 5.80. The van der Waals surface area contributed by atoms with Crippen molar-refractivity contribution in [1.29, 1.82) is 0 Å². The average molecular weight is 293 g/mol. The van der Waals surface area contributed by atoms with E-state index in [4.69, 9.17) is 11.6 Å². The Morgan fingerprint density at radius 1 is 1.30 bits per heavy atom. The van der Waals surface area contributed by atoms with Gasteiger partial charge < -0.3 is 5.32 Å². The number of nitrogens with zero attached hydrogens (tertiary/aromatic N) is 1. The van der Waals surface area contributed by atoms with Gasteiger partial charge in [-0.2, -0.15) is 0 Å². The molecular formula is C16H18ClFN2. The van der Waals surface area contributed by atoms with Gasteiger partial charge in [0.2, 0.25) is 0 Å². The van der Waals surface area contributed by atoms with Crippen LogP contribution in [0.25, 0.3) is 10.9 Å². The van der Waals surface area contributed by atoms with Gasteiger partial charge in [0.25, 0.3) is 0 Å². The first-order valence-corrected chi connectivity index (χ1v) is 7.60. The van der Waals surface area contributed by atoms with Crippen molar-refractivity contribution in [2.24, 2.45) is 0 Å². The van der Waals surface area contributed by atoms with Crippen molar-refractivity contribution < 1.29 is 4.39 Å². The molecule has 0 amide bonds. The van der Waals surface area contributed by atoms with Gasteiger partial charge >= 0.3 is 0 Å². The molecule has 0 unspecified atom stereocenters. The topological polar surface area (TPSA) is 24.9 Å². The summed E-state index contributed by atoms with van der Waals surface area (Å²) < 4.78 is 13.6. The highest BCUT2D eigenvalue weighted by atomic mass is 35.5. The molecule has 0 atom stereocenters. The summed E-state index contributed by atoms with van der Waals surface area (Å²) in [5, 5.41) is 4.56. The second-order valence-electron chi connectivity index (χ2n) is 5.39.